The number of hydrogen-bond acceptors (Lipinski definition) is 2. The van der Waals surface area contributed by atoms with E-state index in [1.165, 1.54) is 6.92 Å². The molecule has 0 radical (unpaired) electrons. The van der Waals surface area contributed by atoms with Crippen LogP contribution in [0.25, 0.3) is 0 Å². The van der Waals surface area contributed by atoms with Gasteiger partial charge in [-0.2, -0.15) is 5.10 Å². The molecule has 0 fully saturated rings. The molecule has 1 aromatic rings. The summed E-state index contributed by atoms with van der Waals surface area (Å²) in [4.78, 5) is 10.3. The van der Waals surface area contributed by atoms with E-state index >= 15 is 0 Å². The van der Waals surface area contributed by atoms with Crippen molar-refractivity contribution in [3.05, 3.63) is 18.5 Å². The van der Waals surface area contributed by atoms with Crippen molar-refractivity contribution < 1.29 is 4.79 Å². The van der Waals surface area contributed by atoms with Crippen LogP contribution in [0.3, 0.4) is 0 Å². The minimum atomic E-state index is -0.0775. The maximum absolute atomic E-state index is 10.3. The maximum atomic E-state index is 10.3. The summed E-state index contributed by atoms with van der Waals surface area (Å²) in [5, 5.41) is 6.85. The molecule has 1 N–H and O–H groups in total. The molecule has 0 bridgehead atoms. The summed E-state index contributed by atoms with van der Waals surface area (Å²) in [5.41, 5.74) is 0.0509. The molecular formula is C13H25N3O. The molecule has 4 nitrogen and oxygen atoms in total. The first-order valence-corrected chi connectivity index (χ1v) is 5.81. The molecule has 0 unspecified atom stereocenters. The Labute approximate surface area is 104 Å². The minimum Gasteiger partial charge on any atom is -0.352 e. The van der Waals surface area contributed by atoms with Gasteiger partial charge in [0.2, 0.25) is 5.91 Å². The predicted molar refractivity (Wildman–Crippen MR) is 70.8 cm³/mol. The lowest BCUT2D eigenvalue weighted by molar-refractivity contribution is -0.120. The smallest absolute Gasteiger partial charge is 0.217 e. The van der Waals surface area contributed by atoms with E-state index in [-0.39, 0.29) is 17.0 Å². The van der Waals surface area contributed by atoms with Crippen molar-refractivity contribution in [2.75, 3.05) is 0 Å². The average Bonchev–Trinajstić information content (AvgIpc) is 2.48. The Balaban J connectivity index is 0.000000304. The Kier molecular flexibility index (Phi) is 5.39. The Morgan fingerprint density at radius 3 is 1.82 bits per heavy atom. The third kappa shape index (κ3) is 8.48. The molecule has 0 aromatic carbocycles. The normalized spacial score (nSPS) is 11.5. The summed E-state index contributed by atoms with van der Waals surface area (Å²) in [6.45, 7) is 13.8. The van der Waals surface area contributed by atoms with Crippen molar-refractivity contribution in [2.24, 2.45) is 0 Å². The first-order chi connectivity index (χ1) is 7.52. The quantitative estimate of drug-likeness (QED) is 0.756. The van der Waals surface area contributed by atoms with Gasteiger partial charge < -0.3 is 5.32 Å². The van der Waals surface area contributed by atoms with Gasteiger partial charge in [-0.05, 0) is 47.6 Å². The monoisotopic (exact) mass is 239 g/mol. The summed E-state index contributed by atoms with van der Waals surface area (Å²) in [7, 11) is 0. The fourth-order valence-electron chi connectivity index (χ4n) is 1.19. The molecule has 0 aliphatic heterocycles. The predicted octanol–water partition coefficient (Wildman–Crippen LogP) is 2.56. The highest BCUT2D eigenvalue weighted by Gasteiger charge is 2.11. The second-order valence-electron chi connectivity index (χ2n) is 6.05. The van der Waals surface area contributed by atoms with Crippen molar-refractivity contribution in [3.63, 3.8) is 0 Å². The van der Waals surface area contributed by atoms with Crippen LogP contribution in [-0.2, 0) is 10.3 Å². The fourth-order valence-corrected chi connectivity index (χ4v) is 1.19. The summed E-state index contributed by atoms with van der Waals surface area (Å²) in [6.07, 6.45) is 3.77. The molecule has 0 aliphatic carbocycles. The standard InChI is InChI=1S/C7H12N2.C6H13NO/c1-7(2,3)9-6-4-5-8-9;1-5(8)7-6(2,3)4/h4-6H,1-3H3;1-4H3,(H,7,8). The van der Waals surface area contributed by atoms with Crippen LogP contribution in [0.2, 0.25) is 0 Å². The number of amides is 1. The molecule has 1 amide bonds. The van der Waals surface area contributed by atoms with E-state index in [9.17, 15) is 4.79 Å². The van der Waals surface area contributed by atoms with Crippen molar-refractivity contribution in [1.29, 1.82) is 0 Å². The van der Waals surface area contributed by atoms with Gasteiger partial charge in [-0.1, -0.05) is 0 Å². The lowest BCUT2D eigenvalue weighted by atomic mass is 10.1. The van der Waals surface area contributed by atoms with Crippen molar-refractivity contribution in [3.8, 4) is 0 Å². The van der Waals surface area contributed by atoms with E-state index < -0.39 is 0 Å². The van der Waals surface area contributed by atoms with Crippen LogP contribution in [0, 0.1) is 0 Å². The first-order valence-electron chi connectivity index (χ1n) is 5.81. The molecule has 4 heteroatoms. The van der Waals surface area contributed by atoms with E-state index in [1.807, 2.05) is 37.7 Å². The first kappa shape index (κ1) is 15.7. The van der Waals surface area contributed by atoms with Gasteiger partial charge in [0.15, 0.2) is 0 Å². The SMILES string of the molecule is CC(=O)NC(C)(C)C.CC(C)(C)n1cccn1. The molecule has 0 saturated carbocycles. The van der Waals surface area contributed by atoms with E-state index in [1.54, 1.807) is 6.20 Å². The minimum absolute atomic E-state index is 0.0255. The van der Waals surface area contributed by atoms with Crippen LogP contribution in [0.4, 0.5) is 0 Å². The zero-order valence-electron chi connectivity index (χ0n) is 12.0. The molecule has 1 heterocycles. The Morgan fingerprint density at radius 2 is 1.71 bits per heavy atom. The Bertz CT molecular complexity index is 329. The number of rotatable bonds is 0. The van der Waals surface area contributed by atoms with Crippen molar-refractivity contribution >= 4 is 5.91 Å². The van der Waals surface area contributed by atoms with E-state index in [4.69, 9.17) is 0 Å². The fraction of sp³-hybridized carbons (Fsp3) is 0.692. The maximum Gasteiger partial charge on any atom is 0.217 e. The van der Waals surface area contributed by atoms with Crippen molar-refractivity contribution in [1.82, 2.24) is 15.1 Å². The van der Waals surface area contributed by atoms with Gasteiger partial charge in [0.25, 0.3) is 0 Å². The van der Waals surface area contributed by atoms with Gasteiger partial charge >= 0.3 is 0 Å². The molecule has 98 valence electrons. The highest BCUT2D eigenvalue weighted by atomic mass is 16.1. The van der Waals surface area contributed by atoms with Crippen LogP contribution in [0.15, 0.2) is 18.5 Å². The molecule has 0 spiro atoms. The van der Waals surface area contributed by atoms with Crippen LogP contribution < -0.4 is 5.32 Å². The molecule has 0 atom stereocenters. The van der Waals surface area contributed by atoms with Gasteiger partial charge in [0, 0.05) is 24.9 Å². The molecule has 0 saturated heterocycles. The summed E-state index contributed by atoms with van der Waals surface area (Å²) >= 11 is 0. The van der Waals surface area contributed by atoms with E-state index in [2.05, 4.69) is 31.2 Å². The molecule has 1 rings (SSSR count). The third-order valence-electron chi connectivity index (χ3n) is 1.74. The zero-order chi connectivity index (χ0) is 13.7. The van der Waals surface area contributed by atoms with Gasteiger partial charge in [-0.15, -0.1) is 0 Å². The molecular weight excluding hydrogens is 214 g/mol. The second kappa shape index (κ2) is 5.84. The molecule has 17 heavy (non-hydrogen) atoms. The van der Waals surface area contributed by atoms with E-state index in [0.29, 0.717) is 0 Å². The second-order valence-corrected chi connectivity index (χ2v) is 6.05. The van der Waals surface area contributed by atoms with Crippen LogP contribution >= 0.6 is 0 Å². The third-order valence-corrected chi connectivity index (χ3v) is 1.74. The number of hydrogen-bond donors (Lipinski definition) is 1. The van der Waals surface area contributed by atoms with Gasteiger partial charge in [-0.3, -0.25) is 9.48 Å². The lowest BCUT2D eigenvalue weighted by Crippen LogP contribution is -2.38. The van der Waals surface area contributed by atoms with Crippen LogP contribution in [0.1, 0.15) is 48.5 Å². The van der Waals surface area contributed by atoms with Crippen LogP contribution in [0.5, 0.6) is 0 Å². The summed E-state index contributed by atoms with van der Waals surface area (Å²) in [6, 6.07) is 1.94. The van der Waals surface area contributed by atoms with E-state index in [0.717, 1.165) is 0 Å². The highest BCUT2D eigenvalue weighted by molar-refractivity contribution is 5.73. The largest absolute Gasteiger partial charge is 0.352 e. The summed E-state index contributed by atoms with van der Waals surface area (Å²) < 4.78 is 1.94. The average molecular weight is 239 g/mol. The Morgan fingerprint density at radius 1 is 1.18 bits per heavy atom. The molecule has 1 aromatic heterocycles. The van der Waals surface area contributed by atoms with Crippen LogP contribution in [-0.4, -0.2) is 21.2 Å². The zero-order valence-corrected chi connectivity index (χ0v) is 12.0. The molecule has 0 aliphatic rings. The number of nitrogens with one attached hydrogen (secondary N) is 1. The number of aromatic nitrogens is 2. The number of carbonyl (C=O) groups excluding carboxylic acids is 1. The number of nitrogens with zero attached hydrogens (tertiary/aromatic N) is 2. The Hall–Kier alpha value is -1.32. The van der Waals surface area contributed by atoms with Gasteiger partial charge in [0.1, 0.15) is 0 Å². The van der Waals surface area contributed by atoms with Crippen molar-refractivity contribution in [2.45, 2.75) is 59.5 Å². The highest BCUT2D eigenvalue weighted by Crippen LogP contribution is 2.09. The van der Waals surface area contributed by atoms with Gasteiger partial charge in [0.05, 0.1) is 5.54 Å². The topological polar surface area (TPSA) is 46.9 Å². The summed E-state index contributed by atoms with van der Waals surface area (Å²) in [5.74, 6) is 0.0255. The number of carbonyl (C=O) groups is 1. The van der Waals surface area contributed by atoms with Gasteiger partial charge in [-0.25, -0.2) is 0 Å². The lowest BCUT2D eigenvalue weighted by Gasteiger charge is -2.18.